The van der Waals surface area contributed by atoms with Crippen molar-refractivity contribution in [3.8, 4) is 0 Å². The van der Waals surface area contributed by atoms with Crippen molar-refractivity contribution in [3.05, 3.63) is 11.9 Å². The van der Waals surface area contributed by atoms with Crippen molar-refractivity contribution in [2.24, 2.45) is 28.4 Å². The van der Waals surface area contributed by atoms with Gasteiger partial charge in [-0.3, -0.25) is 19.9 Å². The highest BCUT2D eigenvalue weighted by molar-refractivity contribution is 8.14. The molecule has 0 radical (unpaired) electrons. The minimum atomic E-state index is -0.164. The van der Waals surface area contributed by atoms with Gasteiger partial charge in [0.25, 0.3) is 0 Å². The van der Waals surface area contributed by atoms with E-state index in [0.717, 1.165) is 55.3 Å². The van der Waals surface area contributed by atoms with Gasteiger partial charge in [0, 0.05) is 38.0 Å². The van der Waals surface area contributed by atoms with Crippen LogP contribution in [0.4, 0.5) is 5.69 Å². The number of nitrogens with zero attached hydrogens (tertiary/aromatic N) is 4. The summed E-state index contributed by atoms with van der Waals surface area (Å²) in [5.41, 5.74) is 9.99. The first-order valence-corrected chi connectivity index (χ1v) is 12.0. The van der Waals surface area contributed by atoms with Gasteiger partial charge in [-0.25, -0.2) is 5.84 Å². The molecule has 170 valence electrons. The van der Waals surface area contributed by atoms with Gasteiger partial charge in [-0.1, -0.05) is 34.1 Å². The maximum absolute atomic E-state index is 11.6. The molecule has 0 unspecified atom stereocenters. The fraction of sp³-hybridized carbons (Fsp3) is 0.762. The Kier molecular flexibility index (Phi) is 10.1. The molecule has 2 heterocycles. The molecular formula is C21H39N7OS. The largest absolute Gasteiger partial charge is 0.366 e. The van der Waals surface area contributed by atoms with E-state index in [0.29, 0.717) is 30.6 Å². The Morgan fingerprint density at radius 2 is 2.00 bits per heavy atom. The van der Waals surface area contributed by atoms with Crippen molar-refractivity contribution in [2.45, 2.75) is 66.0 Å². The molecule has 0 saturated carbocycles. The maximum Gasteiger partial charge on any atom is 0.234 e. The molecule has 0 bridgehead atoms. The zero-order valence-electron chi connectivity index (χ0n) is 18.9. The number of amides is 1. The highest BCUT2D eigenvalue weighted by atomic mass is 32.2. The lowest BCUT2D eigenvalue weighted by Crippen LogP contribution is -2.34. The molecule has 30 heavy (non-hydrogen) atoms. The molecule has 0 aromatic carbocycles. The van der Waals surface area contributed by atoms with Gasteiger partial charge >= 0.3 is 0 Å². The predicted octanol–water partition coefficient (Wildman–Crippen LogP) is 2.37. The molecule has 1 aliphatic heterocycles. The number of aromatic nitrogens is 2. The van der Waals surface area contributed by atoms with Gasteiger partial charge in [-0.15, -0.1) is 11.8 Å². The number of hydrogen-bond acceptors (Lipinski definition) is 7. The van der Waals surface area contributed by atoms with Crippen LogP contribution in [0.15, 0.2) is 11.2 Å². The second-order valence-corrected chi connectivity index (χ2v) is 9.90. The summed E-state index contributed by atoms with van der Waals surface area (Å²) < 4.78 is 2.04. The predicted molar refractivity (Wildman–Crippen MR) is 127 cm³/mol. The molecule has 1 aromatic heterocycles. The number of aliphatic imine (C=N–C) groups is 1. The molecule has 0 aliphatic carbocycles. The lowest BCUT2D eigenvalue weighted by atomic mass is 10.1. The summed E-state index contributed by atoms with van der Waals surface area (Å²) in [6.45, 7) is 12.3. The van der Waals surface area contributed by atoms with E-state index in [-0.39, 0.29) is 11.9 Å². The monoisotopic (exact) mass is 437 g/mol. The fourth-order valence-electron chi connectivity index (χ4n) is 3.59. The van der Waals surface area contributed by atoms with Gasteiger partial charge < -0.3 is 10.6 Å². The van der Waals surface area contributed by atoms with Gasteiger partial charge in [0.15, 0.2) is 0 Å². The summed E-state index contributed by atoms with van der Waals surface area (Å²) >= 11 is 1.60. The molecule has 1 aromatic rings. The SMILES string of the molecule is CC(C)CN1C[C@@H](CCCCN)N=C(SCCC(=O)NN)c2nn(CC(C)C)cc21. The van der Waals surface area contributed by atoms with Crippen LogP contribution in [-0.4, -0.2) is 52.2 Å². The summed E-state index contributed by atoms with van der Waals surface area (Å²) in [5, 5.41) is 5.85. The quantitative estimate of drug-likeness (QED) is 0.212. The molecule has 8 nitrogen and oxygen atoms in total. The average molecular weight is 438 g/mol. The van der Waals surface area contributed by atoms with Crippen molar-refractivity contribution in [1.29, 1.82) is 0 Å². The standard InChI is InChI=1S/C21H39N7OS/c1-15(2)11-27-13-17(7-5-6-9-22)24-21(30-10-8-19(29)25-23)20-18(27)14-28(26-20)12-16(3)4/h14-17H,5-13,22-23H2,1-4H3,(H,25,29)/t17-/m1/s1. The van der Waals surface area contributed by atoms with Crippen LogP contribution in [0.5, 0.6) is 0 Å². The number of unbranched alkanes of at least 4 members (excludes halogenated alkanes) is 1. The van der Waals surface area contributed by atoms with Crippen LogP contribution >= 0.6 is 11.8 Å². The maximum atomic E-state index is 11.6. The van der Waals surface area contributed by atoms with E-state index < -0.39 is 0 Å². The van der Waals surface area contributed by atoms with Crippen molar-refractivity contribution in [1.82, 2.24) is 15.2 Å². The van der Waals surface area contributed by atoms with Gasteiger partial charge in [-0.05, 0) is 31.2 Å². The number of nitrogens with two attached hydrogens (primary N) is 2. The number of hydrogen-bond donors (Lipinski definition) is 3. The van der Waals surface area contributed by atoms with Crippen LogP contribution in [0, 0.1) is 11.8 Å². The summed E-state index contributed by atoms with van der Waals surface area (Å²) in [6.07, 6.45) is 5.62. The summed E-state index contributed by atoms with van der Waals surface area (Å²) in [4.78, 5) is 19.1. The fourth-order valence-corrected chi connectivity index (χ4v) is 4.58. The lowest BCUT2D eigenvalue weighted by Gasteiger charge is -2.27. The molecule has 5 N–H and O–H groups in total. The van der Waals surface area contributed by atoms with Crippen LogP contribution < -0.4 is 21.9 Å². The number of thioether (sulfide) groups is 1. The number of carbonyl (C=O) groups excluding carboxylic acids is 1. The first-order chi connectivity index (χ1) is 14.3. The van der Waals surface area contributed by atoms with Crippen LogP contribution in [0.1, 0.15) is 59.1 Å². The minimum absolute atomic E-state index is 0.164. The van der Waals surface area contributed by atoms with E-state index in [1.807, 2.05) is 4.68 Å². The van der Waals surface area contributed by atoms with Gasteiger partial charge in [0.1, 0.15) is 10.7 Å². The van der Waals surface area contributed by atoms with Crippen LogP contribution in [0.25, 0.3) is 0 Å². The van der Waals surface area contributed by atoms with E-state index in [4.69, 9.17) is 21.7 Å². The highest BCUT2D eigenvalue weighted by Gasteiger charge is 2.28. The van der Waals surface area contributed by atoms with Crippen LogP contribution in [-0.2, 0) is 11.3 Å². The molecule has 1 amide bonds. The van der Waals surface area contributed by atoms with Gasteiger partial charge in [0.05, 0.1) is 11.7 Å². The van der Waals surface area contributed by atoms with Crippen LogP contribution in [0.3, 0.4) is 0 Å². The van der Waals surface area contributed by atoms with Crippen LogP contribution in [0.2, 0.25) is 0 Å². The van der Waals surface area contributed by atoms with E-state index in [1.165, 1.54) is 0 Å². The Morgan fingerprint density at radius 1 is 1.27 bits per heavy atom. The van der Waals surface area contributed by atoms with Crippen molar-refractivity contribution in [3.63, 3.8) is 0 Å². The number of fused-ring (bicyclic) bond motifs is 1. The summed E-state index contributed by atoms with van der Waals surface area (Å²) in [7, 11) is 0. The van der Waals surface area contributed by atoms with Crippen molar-refractivity contribution < 1.29 is 4.79 Å². The molecule has 1 atom stereocenters. The Morgan fingerprint density at radius 3 is 2.63 bits per heavy atom. The Balaban J connectivity index is 2.33. The normalized spacial score (nSPS) is 16.6. The summed E-state index contributed by atoms with van der Waals surface area (Å²) in [5.74, 6) is 6.74. The molecule has 0 spiro atoms. The Hall–Kier alpha value is -1.58. The highest BCUT2D eigenvalue weighted by Crippen LogP contribution is 2.31. The summed E-state index contributed by atoms with van der Waals surface area (Å²) in [6, 6.07) is 0.203. The van der Waals surface area contributed by atoms with E-state index >= 15 is 0 Å². The molecule has 0 saturated heterocycles. The third kappa shape index (κ3) is 7.59. The molecule has 1 aliphatic rings. The number of rotatable bonds is 11. The number of nitrogens with one attached hydrogen (secondary N) is 1. The second kappa shape index (κ2) is 12.3. The molecule has 2 rings (SSSR count). The van der Waals surface area contributed by atoms with E-state index in [9.17, 15) is 4.79 Å². The first kappa shape index (κ1) is 24.7. The number of hydrazine groups is 1. The molecular weight excluding hydrogens is 398 g/mol. The van der Waals surface area contributed by atoms with Crippen molar-refractivity contribution >= 4 is 28.4 Å². The second-order valence-electron chi connectivity index (χ2n) is 8.82. The lowest BCUT2D eigenvalue weighted by molar-refractivity contribution is -0.120. The zero-order valence-corrected chi connectivity index (χ0v) is 19.7. The average Bonchev–Trinajstić information content (AvgIpc) is 3.03. The third-order valence-corrected chi connectivity index (χ3v) is 5.86. The Labute approximate surface area is 185 Å². The number of carbonyl (C=O) groups is 1. The number of anilines is 1. The zero-order chi connectivity index (χ0) is 22.1. The van der Waals surface area contributed by atoms with E-state index in [1.54, 1.807) is 11.8 Å². The molecule has 0 fully saturated rings. The minimum Gasteiger partial charge on any atom is -0.366 e. The third-order valence-electron chi connectivity index (χ3n) is 4.87. The smallest absolute Gasteiger partial charge is 0.234 e. The Bertz CT molecular complexity index is 702. The van der Waals surface area contributed by atoms with Crippen molar-refractivity contribution in [2.75, 3.05) is 30.3 Å². The molecule has 9 heteroatoms. The first-order valence-electron chi connectivity index (χ1n) is 11.1. The van der Waals surface area contributed by atoms with E-state index in [2.05, 4.69) is 44.2 Å². The van der Waals surface area contributed by atoms with Gasteiger partial charge in [0.2, 0.25) is 5.91 Å². The van der Waals surface area contributed by atoms with Gasteiger partial charge in [-0.2, -0.15) is 5.10 Å². The topological polar surface area (TPSA) is 115 Å².